The van der Waals surface area contributed by atoms with E-state index in [-0.39, 0.29) is 16.7 Å². The molecule has 0 aromatic heterocycles. The van der Waals surface area contributed by atoms with Crippen molar-refractivity contribution in [1.82, 2.24) is 0 Å². The molecule has 2 aliphatic rings. The van der Waals surface area contributed by atoms with E-state index in [1.54, 1.807) is 0 Å². The van der Waals surface area contributed by atoms with Gasteiger partial charge in [-0.3, -0.25) is 4.79 Å². The summed E-state index contributed by atoms with van der Waals surface area (Å²) in [5.74, 6) is 0.320. The molecule has 1 fully saturated rings. The summed E-state index contributed by atoms with van der Waals surface area (Å²) >= 11 is 0. The van der Waals surface area contributed by atoms with Gasteiger partial charge in [0.25, 0.3) is 0 Å². The van der Waals surface area contributed by atoms with Crippen molar-refractivity contribution in [2.75, 3.05) is 0 Å². The summed E-state index contributed by atoms with van der Waals surface area (Å²) in [7, 11) is 0. The summed E-state index contributed by atoms with van der Waals surface area (Å²) in [4.78, 5) is 22.5. The van der Waals surface area contributed by atoms with Crippen molar-refractivity contribution in [1.29, 1.82) is 0 Å². The molecule has 0 amide bonds. The number of hydrogen-bond acceptors (Lipinski definition) is 2. The first-order chi connectivity index (χ1) is 7.95. The monoisotopic (exact) mass is 234 g/mol. The largest absolute Gasteiger partial charge is 0.303 e. The molecule has 0 aromatic carbocycles. The molecule has 1 saturated carbocycles. The summed E-state index contributed by atoms with van der Waals surface area (Å²) in [6, 6.07) is 0. The molecule has 2 nitrogen and oxygen atoms in total. The number of hydrogen-bond donors (Lipinski definition) is 0. The highest BCUT2D eigenvalue weighted by atomic mass is 16.1. The maximum absolute atomic E-state index is 11.4. The van der Waals surface area contributed by atoms with Gasteiger partial charge in [0.05, 0.1) is 0 Å². The molecule has 0 bridgehead atoms. The van der Waals surface area contributed by atoms with Gasteiger partial charge in [-0.2, -0.15) is 0 Å². The lowest BCUT2D eigenvalue weighted by molar-refractivity contribution is -0.122. The van der Waals surface area contributed by atoms with E-state index in [0.29, 0.717) is 11.5 Å². The average Bonchev–Trinajstić information content (AvgIpc) is 2.26. The van der Waals surface area contributed by atoms with Crippen LogP contribution < -0.4 is 0 Å². The second-order valence-corrected chi connectivity index (χ2v) is 6.57. The normalized spacial score (nSPS) is 40.1. The molecule has 3 atom stereocenters. The van der Waals surface area contributed by atoms with Crippen LogP contribution in [0.4, 0.5) is 0 Å². The van der Waals surface area contributed by atoms with E-state index in [4.69, 9.17) is 0 Å². The Hall–Kier alpha value is -0.920. The van der Waals surface area contributed by atoms with Gasteiger partial charge in [-0.1, -0.05) is 33.3 Å². The van der Waals surface area contributed by atoms with Gasteiger partial charge >= 0.3 is 0 Å². The lowest BCUT2D eigenvalue weighted by Gasteiger charge is -2.55. The highest BCUT2D eigenvalue weighted by molar-refractivity contribution is 5.82. The third-order valence-corrected chi connectivity index (χ3v) is 5.21. The zero-order chi connectivity index (χ0) is 12.7. The summed E-state index contributed by atoms with van der Waals surface area (Å²) in [6.07, 6.45) is 8.26. The minimum atomic E-state index is -0.196. The Morgan fingerprint density at radius 2 is 1.94 bits per heavy atom. The van der Waals surface area contributed by atoms with Crippen LogP contribution in [0.2, 0.25) is 0 Å². The van der Waals surface area contributed by atoms with Crippen molar-refractivity contribution in [2.45, 2.75) is 46.5 Å². The first-order valence-electron chi connectivity index (χ1n) is 6.56. The van der Waals surface area contributed by atoms with Crippen LogP contribution in [0.3, 0.4) is 0 Å². The summed E-state index contributed by atoms with van der Waals surface area (Å²) < 4.78 is 0. The molecular weight excluding hydrogens is 212 g/mol. The van der Waals surface area contributed by atoms with Crippen molar-refractivity contribution >= 4 is 12.6 Å². The first kappa shape index (κ1) is 12.5. The van der Waals surface area contributed by atoms with E-state index in [1.165, 1.54) is 6.42 Å². The molecule has 0 heterocycles. The van der Waals surface area contributed by atoms with E-state index < -0.39 is 0 Å². The van der Waals surface area contributed by atoms with Gasteiger partial charge in [0.2, 0.25) is 0 Å². The van der Waals surface area contributed by atoms with E-state index in [1.807, 2.05) is 6.08 Å². The van der Waals surface area contributed by atoms with Crippen LogP contribution in [-0.2, 0) is 9.59 Å². The van der Waals surface area contributed by atoms with Gasteiger partial charge in [0.15, 0.2) is 0 Å². The van der Waals surface area contributed by atoms with E-state index in [0.717, 1.165) is 31.8 Å². The highest BCUT2D eigenvalue weighted by Crippen LogP contribution is 2.58. The molecular formula is C15H22O2. The van der Waals surface area contributed by atoms with Gasteiger partial charge in [0, 0.05) is 5.92 Å². The van der Waals surface area contributed by atoms with Gasteiger partial charge < -0.3 is 4.79 Å². The maximum atomic E-state index is 11.4. The van der Waals surface area contributed by atoms with Crippen LogP contribution in [0.15, 0.2) is 11.6 Å². The molecule has 2 rings (SSSR count). The molecule has 0 spiro atoms. The predicted molar refractivity (Wildman–Crippen MR) is 67.5 cm³/mol. The topological polar surface area (TPSA) is 34.1 Å². The Kier molecular flexibility index (Phi) is 3.01. The Morgan fingerprint density at radius 3 is 2.53 bits per heavy atom. The van der Waals surface area contributed by atoms with Crippen LogP contribution in [0, 0.1) is 22.7 Å². The van der Waals surface area contributed by atoms with Crippen LogP contribution in [0.25, 0.3) is 0 Å². The third kappa shape index (κ3) is 1.78. The SMILES string of the molecule is CC1(C)CCC[C@]2(C)[C@@H](C=O)C(C=O)=CC[C@@H]12. The lowest BCUT2D eigenvalue weighted by Crippen LogP contribution is -2.49. The fourth-order valence-corrected chi connectivity index (χ4v) is 4.24. The zero-order valence-electron chi connectivity index (χ0n) is 11.0. The van der Waals surface area contributed by atoms with Crippen molar-refractivity contribution < 1.29 is 9.59 Å². The van der Waals surface area contributed by atoms with E-state index in [9.17, 15) is 9.59 Å². The van der Waals surface area contributed by atoms with Gasteiger partial charge in [-0.15, -0.1) is 0 Å². The Labute approximate surface area is 103 Å². The highest BCUT2D eigenvalue weighted by Gasteiger charge is 2.52. The van der Waals surface area contributed by atoms with Crippen LogP contribution >= 0.6 is 0 Å². The lowest BCUT2D eigenvalue weighted by atomic mass is 9.49. The van der Waals surface area contributed by atoms with E-state index in [2.05, 4.69) is 20.8 Å². The van der Waals surface area contributed by atoms with Gasteiger partial charge in [-0.25, -0.2) is 0 Å². The number of aldehydes is 2. The Morgan fingerprint density at radius 1 is 1.24 bits per heavy atom. The van der Waals surface area contributed by atoms with Gasteiger partial charge in [0.1, 0.15) is 12.6 Å². The smallest absolute Gasteiger partial charge is 0.146 e. The fourth-order valence-electron chi connectivity index (χ4n) is 4.24. The predicted octanol–water partition coefficient (Wildman–Crippen LogP) is 3.16. The molecule has 0 radical (unpaired) electrons. The standard InChI is InChI=1S/C15H22O2/c1-14(2)7-4-8-15(3)12(10-17)11(9-16)5-6-13(14)15/h5,9-10,12-13H,4,6-8H2,1-3H3/t12-,13-,15+/m0/s1. The molecule has 0 unspecified atom stereocenters. The number of allylic oxidation sites excluding steroid dienone is 2. The molecule has 0 N–H and O–H groups in total. The minimum Gasteiger partial charge on any atom is -0.303 e. The molecule has 94 valence electrons. The molecule has 17 heavy (non-hydrogen) atoms. The quantitative estimate of drug-likeness (QED) is 0.688. The van der Waals surface area contributed by atoms with Crippen molar-refractivity contribution in [2.24, 2.45) is 22.7 Å². The van der Waals surface area contributed by atoms with Crippen molar-refractivity contribution in [3.63, 3.8) is 0 Å². The van der Waals surface area contributed by atoms with Crippen LogP contribution in [0.5, 0.6) is 0 Å². The van der Waals surface area contributed by atoms with Gasteiger partial charge in [-0.05, 0) is 41.6 Å². The molecule has 0 aliphatic heterocycles. The van der Waals surface area contributed by atoms with Crippen molar-refractivity contribution in [3.05, 3.63) is 11.6 Å². The van der Waals surface area contributed by atoms with Crippen molar-refractivity contribution in [3.8, 4) is 0 Å². The number of carbonyl (C=O) groups excluding carboxylic acids is 2. The molecule has 2 heteroatoms. The summed E-state index contributed by atoms with van der Waals surface area (Å²) in [5, 5.41) is 0. The molecule has 0 saturated heterocycles. The number of fused-ring (bicyclic) bond motifs is 1. The number of carbonyl (C=O) groups is 2. The second-order valence-electron chi connectivity index (χ2n) is 6.57. The zero-order valence-corrected chi connectivity index (χ0v) is 11.0. The minimum absolute atomic E-state index is 0.0194. The Bertz CT molecular complexity index is 367. The molecule has 0 aromatic rings. The average molecular weight is 234 g/mol. The van der Waals surface area contributed by atoms with Crippen LogP contribution in [-0.4, -0.2) is 12.6 Å². The second kappa shape index (κ2) is 4.08. The first-order valence-corrected chi connectivity index (χ1v) is 6.56. The summed E-state index contributed by atoms with van der Waals surface area (Å²) in [6.45, 7) is 6.81. The van der Waals surface area contributed by atoms with E-state index >= 15 is 0 Å². The fraction of sp³-hybridized carbons (Fsp3) is 0.733. The van der Waals surface area contributed by atoms with Crippen LogP contribution in [0.1, 0.15) is 46.5 Å². The maximum Gasteiger partial charge on any atom is 0.146 e. The Balaban J connectivity index is 2.45. The summed E-state index contributed by atoms with van der Waals surface area (Å²) in [5.41, 5.74) is 0.963. The molecule has 2 aliphatic carbocycles. The number of rotatable bonds is 2. The third-order valence-electron chi connectivity index (χ3n) is 5.21.